The molecular weight excluding hydrogens is 511 g/mol. The van der Waals surface area contributed by atoms with Crippen molar-refractivity contribution in [2.45, 2.75) is 26.4 Å². The molecule has 0 spiro atoms. The molecular formula is C20H28F2IN3O2S. The van der Waals surface area contributed by atoms with E-state index < -0.39 is 6.61 Å². The molecule has 162 valence electrons. The number of methoxy groups -OCH3 is 1. The highest BCUT2D eigenvalue weighted by atomic mass is 127. The minimum atomic E-state index is -2.89. The van der Waals surface area contributed by atoms with Crippen molar-refractivity contribution in [1.82, 2.24) is 10.6 Å². The topological polar surface area (TPSA) is 54.9 Å². The zero-order valence-electron chi connectivity index (χ0n) is 16.8. The second-order valence-electron chi connectivity index (χ2n) is 6.38. The van der Waals surface area contributed by atoms with E-state index in [1.807, 2.05) is 6.07 Å². The molecule has 5 nitrogen and oxygen atoms in total. The number of hydrogen-bond donors (Lipinski definition) is 2. The summed E-state index contributed by atoms with van der Waals surface area (Å²) in [5.41, 5.74) is 0.866. The third kappa shape index (κ3) is 9.16. The number of benzene rings is 1. The molecule has 0 aliphatic carbocycles. The molecule has 9 heteroatoms. The summed E-state index contributed by atoms with van der Waals surface area (Å²) < 4.78 is 34.6. The predicted octanol–water partition coefficient (Wildman–Crippen LogP) is 4.56. The van der Waals surface area contributed by atoms with E-state index in [4.69, 9.17) is 4.74 Å². The molecule has 29 heavy (non-hydrogen) atoms. The Morgan fingerprint density at radius 2 is 2.00 bits per heavy atom. The number of alkyl halides is 2. The van der Waals surface area contributed by atoms with E-state index >= 15 is 0 Å². The average molecular weight is 539 g/mol. The van der Waals surface area contributed by atoms with Crippen LogP contribution >= 0.6 is 35.3 Å². The highest BCUT2D eigenvalue weighted by molar-refractivity contribution is 14.0. The van der Waals surface area contributed by atoms with Crippen molar-refractivity contribution in [1.29, 1.82) is 0 Å². The van der Waals surface area contributed by atoms with Crippen LogP contribution in [0.25, 0.3) is 0 Å². The van der Waals surface area contributed by atoms with Crippen LogP contribution < -0.4 is 20.1 Å². The molecule has 0 radical (unpaired) electrons. The molecule has 2 N–H and O–H groups in total. The molecule has 0 saturated heterocycles. The van der Waals surface area contributed by atoms with Gasteiger partial charge >= 0.3 is 6.61 Å². The second-order valence-corrected chi connectivity index (χ2v) is 7.41. The molecule has 1 atom stereocenters. The van der Waals surface area contributed by atoms with Crippen LogP contribution in [0.1, 0.15) is 17.4 Å². The van der Waals surface area contributed by atoms with Crippen LogP contribution in [0, 0.1) is 5.92 Å². The molecule has 0 bridgehead atoms. The normalized spacial score (nSPS) is 12.3. The second kappa shape index (κ2) is 13.6. The molecule has 0 aliphatic rings. The van der Waals surface area contributed by atoms with Gasteiger partial charge in [-0.25, -0.2) is 0 Å². The van der Waals surface area contributed by atoms with Crippen molar-refractivity contribution >= 4 is 41.3 Å². The van der Waals surface area contributed by atoms with E-state index in [1.54, 1.807) is 30.5 Å². The number of nitrogens with zero attached hydrogens (tertiary/aromatic N) is 1. The fourth-order valence-corrected chi connectivity index (χ4v) is 3.60. The minimum Gasteiger partial charge on any atom is -0.493 e. The van der Waals surface area contributed by atoms with Gasteiger partial charge in [-0.1, -0.05) is 19.1 Å². The van der Waals surface area contributed by atoms with Crippen molar-refractivity contribution in [3.05, 3.63) is 46.2 Å². The van der Waals surface area contributed by atoms with Crippen LogP contribution in [-0.2, 0) is 12.8 Å². The number of rotatable bonds is 10. The van der Waals surface area contributed by atoms with Crippen LogP contribution in [0.4, 0.5) is 8.78 Å². The maximum atomic E-state index is 12.5. The Hall–Kier alpha value is -1.62. The third-order valence-corrected chi connectivity index (χ3v) is 5.02. The lowest BCUT2D eigenvalue weighted by molar-refractivity contribution is -0.0512. The Kier molecular flexibility index (Phi) is 11.9. The van der Waals surface area contributed by atoms with Gasteiger partial charge in [-0.15, -0.1) is 35.3 Å². The van der Waals surface area contributed by atoms with Crippen molar-refractivity contribution in [3.8, 4) is 11.5 Å². The van der Waals surface area contributed by atoms with Gasteiger partial charge in [0.25, 0.3) is 0 Å². The molecule has 0 aliphatic heterocycles. The number of guanidine groups is 1. The average Bonchev–Trinajstić information content (AvgIpc) is 3.17. The van der Waals surface area contributed by atoms with E-state index in [9.17, 15) is 8.78 Å². The first-order chi connectivity index (χ1) is 13.5. The Morgan fingerprint density at radius 1 is 1.21 bits per heavy atom. The highest BCUT2D eigenvalue weighted by Crippen LogP contribution is 2.29. The maximum absolute atomic E-state index is 12.5. The van der Waals surface area contributed by atoms with E-state index in [-0.39, 0.29) is 35.5 Å². The number of ether oxygens (including phenoxy) is 2. The summed E-state index contributed by atoms with van der Waals surface area (Å²) in [4.78, 5) is 5.60. The number of nitrogens with one attached hydrogen (secondary N) is 2. The molecule has 1 unspecified atom stereocenters. The van der Waals surface area contributed by atoms with Crippen molar-refractivity contribution in [2.24, 2.45) is 10.9 Å². The molecule has 2 rings (SSSR count). The van der Waals surface area contributed by atoms with Crippen molar-refractivity contribution in [2.75, 3.05) is 27.2 Å². The van der Waals surface area contributed by atoms with Gasteiger partial charge in [0.15, 0.2) is 17.5 Å². The summed E-state index contributed by atoms with van der Waals surface area (Å²) in [5.74, 6) is 1.53. The number of thiophene rings is 1. The lowest BCUT2D eigenvalue weighted by atomic mass is 10.1. The summed E-state index contributed by atoms with van der Waals surface area (Å²) in [5, 5.41) is 8.66. The van der Waals surface area contributed by atoms with Gasteiger partial charge in [0.05, 0.1) is 7.11 Å². The molecule has 0 fully saturated rings. The van der Waals surface area contributed by atoms with Gasteiger partial charge in [0, 0.05) is 25.0 Å². The first-order valence-corrected chi connectivity index (χ1v) is 9.98. The Balaban J connectivity index is 0.00000420. The zero-order valence-corrected chi connectivity index (χ0v) is 19.9. The summed E-state index contributed by atoms with van der Waals surface area (Å²) >= 11 is 1.77. The van der Waals surface area contributed by atoms with Gasteiger partial charge in [0.2, 0.25) is 0 Å². The standard InChI is InChI=1S/C20H27F2N3O2S.HI/c1-14(11-16-5-4-10-28-16)13-25-20(23-2)24-9-8-15-6-7-17(26-3)18(12-15)27-19(21)22;/h4-7,10,12,14,19H,8-9,11,13H2,1-3H3,(H2,23,24,25);1H. The van der Waals surface area contributed by atoms with Gasteiger partial charge in [-0.3, -0.25) is 4.99 Å². The summed E-state index contributed by atoms with van der Waals surface area (Å²) in [7, 11) is 3.14. The molecule has 1 aromatic heterocycles. The summed E-state index contributed by atoms with van der Waals surface area (Å²) in [6.07, 6.45) is 1.66. The minimum absolute atomic E-state index is 0. The molecule has 1 aromatic carbocycles. The van der Waals surface area contributed by atoms with Crippen LogP contribution in [0.3, 0.4) is 0 Å². The van der Waals surface area contributed by atoms with E-state index in [0.717, 1.165) is 24.5 Å². The van der Waals surface area contributed by atoms with Gasteiger partial charge < -0.3 is 20.1 Å². The van der Waals surface area contributed by atoms with Crippen LogP contribution in [-0.4, -0.2) is 39.8 Å². The first kappa shape index (κ1) is 25.4. The van der Waals surface area contributed by atoms with Crippen molar-refractivity contribution in [3.63, 3.8) is 0 Å². The lowest BCUT2D eigenvalue weighted by Gasteiger charge is -2.16. The number of halogens is 3. The summed E-state index contributed by atoms with van der Waals surface area (Å²) in [6.45, 7) is 0.731. The Bertz CT molecular complexity index is 745. The molecule has 0 saturated carbocycles. The van der Waals surface area contributed by atoms with Crippen molar-refractivity contribution < 1.29 is 18.3 Å². The van der Waals surface area contributed by atoms with E-state index in [1.165, 1.54) is 12.0 Å². The Morgan fingerprint density at radius 3 is 2.62 bits per heavy atom. The molecule has 2 aromatic rings. The predicted molar refractivity (Wildman–Crippen MR) is 125 cm³/mol. The highest BCUT2D eigenvalue weighted by Gasteiger charge is 2.11. The van der Waals surface area contributed by atoms with Crippen LogP contribution in [0.15, 0.2) is 40.7 Å². The lowest BCUT2D eigenvalue weighted by Crippen LogP contribution is -2.40. The zero-order chi connectivity index (χ0) is 20.4. The smallest absolute Gasteiger partial charge is 0.387 e. The third-order valence-electron chi connectivity index (χ3n) is 4.12. The Labute approximate surface area is 191 Å². The number of hydrogen-bond acceptors (Lipinski definition) is 4. The van der Waals surface area contributed by atoms with Gasteiger partial charge in [-0.2, -0.15) is 8.78 Å². The van der Waals surface area contributed by atoms with E-state index in [0.29, 0.717) is 18.9 Å². The summed E-state index contributed by atoms with van der Waals surface area (Å²) in [6, 6.07) is 9.25. The van der Waals surface area contributed by atoms with Crippen LogP contribution in [0.2, 0.25) is 0 Å². The van der Waals surface area contributed by atoms with Gasteiger partial charge in [-0.05, 0) is 47.9 Å². The monoisotopic (exact) mass is 539 g/mol. The van der Waals surface area contributed by atoms with Crippen LogP contribution in [0.5, 0.6) is 11.5 Å². The van der Waals surface area contributed by atoms with Gasteiger partial charge in [0.1, 0.15) is 0 Å². The fraction of sp³-hybridized carbons (Fsp3) is 0.450. The first-order valence-electron chi connectivity index (χ1n) is 9.10. The SMILES string of the molecule is CN=C(NCCc1ccc(OC)c(OC(F)F)c1)NCC(C)Cc1cccs1.I. The largest absolute Gasteiger partial charge is 0.493 e. The number of aliphatic imine (C=N–C) groups is 1. The fourth-order valence-electron chi connectivity index (χ4n) is 2.73. The molecule has 0 amide bonds. The molecule has 1 heterocycles. The quantitative estimate of drug-likeness (QED) is 0.264. The van der Waals surface area contributed by atoms with E-state index in [2.05, 4.69) is 44.8 Å². The maximum Gasteiger partial charge on any atom is 0.387 e.